The minimum Gasteiger partial charge on any atom is -0.354 e. The number of H-pyrrole nitrogens is 1. The van der Waals surface area contributed by atoms with Gasteiger partial charge < -0.3 is 10.3 Å². The van der Waals surface area contributed by atoms with E-state index in [2.05, 4.69) is 15.3 Å². The number of amides is 1. The molecule has 0 unspecified atom stereocenters. The molecule has 0 atom stereocenters. The highest BCUT2D eigenvalue weighted by molar-refractivity contribution is 6.07. The molecule has 0 radical (unpaired) electrons. The van der Waals surface area contributed by atoms with Crippen molar-refractivity contribution in [1.29, 1.82) is 0 Å². The van der Waals surface area contributed by atoms with Gasteiger partial charge in [0, 0.05) is 22.6 Å². The van der Waals surface area contributed by atoms with Crippen molar-refractivity contribution in [2.45, 2.75) is 27.2 Å². The number of rotatable bonds is 5. The summed E-state index contributed by atoms with van der Waals surface area (Å²) >= 11 is 0. The van der Waals surface area contributed by atoms with E-state index in [0.29, 0.717) is 23.4 Å². The molecule has 0 saturated carbocycles. The minimum atomic E-state index is -0.252. The summed E-state index contributed by atoms with van der Waals surface area (Å²) in [4.78, 5) is 32.2. The Balaban J connectivity index is 1.59. The summed E-state index contributed by atoms with van der Waals surface area (Å²) in [6.07, 6.45) is 2.39. The summed E-state index contributed by atoms with van der Waals surface area (Å²) in [5.41, 5.74) is 6.13. The number of anilines is 1. The fourth-order valence-corrected chi connectivity index (χ4v) is 3.76. The number of hydrogen-bond acceptors (Lipinski definition) is 3. The number of ketones is 1. The van der Waals surface area contributed by atoms with Crippen LogP contribution in [-0.2, 0) is 6.42 Å². The first-order chi connectivity index (χ1) is 14.0. The smallest absolute Gasteiger partial charge is 0.272 e. The van der Waals surface area contributed by atoms with E-state index in [1.54, 1.807) is 6.33 Å². The van der Waals surface area contributed by atoms with Crippen molar-refractivity contribution in [2.75, 3.05) is 5.32 Å². The highest BCUT2D eigenvalue weighted by Crippen LogP contribution is 2.23. The number of imidazole rings is 1. The molecule has 6 nitrogen and oxygen atoms in total. The highest BCUT2D eigenvalue weighted by Gasteiger charge is 2.21. The van der Waals surface area contributed by atoms with Gasteiger partial charge in [-0.25, -0.2) is 4.98 Å². The fraction of sp³-hybridized carbons (Fsp3) is 0.174. The van der Waals surface area contributed by atoms with E-state index in [-0.39, 0.29) is 11.7 Å². The average molecular weight is 386 g/mol. The van der Waals surface area contributed by atoms with Crippen LogP contribution in [0, 0.1) is 6.92 Å². The molecule has 6 heteroatoms. The van der Waals surface area contributed by atoms with Crippen LogP contribution in [0.1, 0.15) is 46.0 Å². The van der Waals surface area contributed by atoms with Gasteiger partial charge in [-0.15, -0.1) is 0 Å². The Hall–Kier alpha value is -3.67. The lowest BCUT2D eigenvalue weighted by molar-refractivity contribution is 0.101. The second-order valence-corrected chi connectivity index (χ2v) is 6.99. The zero-order valence-corrected chi connectivity index (χ0v) is 16.6. The van der Waals surface area contributed by atoms with Gasteiger partial charge >= 0.3 is 0 Å². The maximum atomic E-state index is 12.8. The number of carbonyl (C=O) groups excluding carboxylic acids is 2. The molecule has 2 aromatic heterocycles. The Morgan fingerprint density at radius 1 is 1.10 bits per heavy atom. The molecule has 2 aromatic carbocycles. The van der Waals surface area contributed by atoms with Crippen LogP contribution in [0.5, 0.6) is 0 Å². The van der Waals surface area contributed by atoms with E-state index in [0.717, 1.165) is 28.0 Å². The molecule has 146 valence electrons. The van der Waals surface area contributed by atoms with Crippen molar-refractivity contribution in [1.82, 2.24) is 14.5 Å². The number of nitrogens with zero attached hydrogens (tertiary/aromatic N) is 2. The minimum absolute atomic E-state index is 0.0356. The van der Waals surface area contributed by atoms with Crippen LogP contribution in [0.15, 0.2) is 54.9 Å². The number of aromatic amines is 1. The standard InChI is InChI=1S/C23H22N4O2/c1-4-18-21(15(3)28)14(2)25-22(18)23(29)26-16-9-11-17(12-10-16)27-13-24-19-7-5-6-8-20(19)27/h5-13,25H,4H2,1-3H3,(H,26,29). The number of carbonyl (C=O) groups is 2. The molecule has 0 saturated heterocycles. The normalized spacial score (nSPS) is 11.0. The molecule has 29 heavy (non-hydrogen) atoms. The van der Waals surface area contributed by atoms with Crippen molar-refractivity contribution >= 4 is 28.4 Å². The molecule has 0 bridgehead atoms. The number of aryl methyl sites for hydroxylation is 1. The summed E-state index contributed by atoms with van der Waals surface area (Å²) in [5, 5.41) is 2.92. The molecule has 2 N–H and O–H groups in total. The predicted octanol–water partition coefficient (Wildman–Crippen LogP) is 4.68. The number of para-hydroxylation sites is 2. The molecule has 4 aromatic rings. The Kier molecular flexibility index (Phi) is 4.76. The van der Waals surface area contributed by atoms with E-state index < -0.39 is 0 Å². The molecule has 0 spiro atoms. The molecule has 1 amide bonds. The highest BCUT2D eigenvalue weighted by atomic mass is 16.2. The zero-order chi connectivity index (χ0) is 20.5. The molecule has 4 rings (SSSR count). The SMILES string of the molecule is CCc1c(C(=O)Nc2ccc(-n3cnc4ccccc43)cc2)[nH]c(C)c1C(C)=O. The van der Waals surface area contributed by atoms with Crippen LogP contribution in [0.3, 0.4) is 0 Å². The monoisotopic (exact) mass is 386 g/mol. The third-order valence-electron chi connectivity index (χ3n) is 5.08. The topological polar surface area (TPSA) is 79.8 Å². The average Bonchev–Trinajstić information content (AvgIpc) is 3.29. The summed E-state index contributed by atoms with van der Waals surface area (Å²) < 4.78 is 2.00. The van der Waals surface area contributed by atoms with Crippen molar-refractivity contribution in [2.24, 2.45) is 0 Å². The lowest BCUT2D eigenvalue weighted by Crippen LogP contribution is -2.14. The first-order valence-corrected chi connectivity index (χ1v) is 9.55. The second-order valence-electron chi connectivity index (χ2n) is 6.99. The van der Waals surface area contributed by atoms with E-state index in [1.807, 2.05) is 66.9 Å². The van der Waals surface area contributed by atoms with Crippen LogP contribution in [0.4, 0.5) is 5.69 Å². The largest absolute Gasteiger partial charge is 0.354 e. The van der Waals surface area contributed by atoms with Crippen molar-refractivity contribution in [3.63, 3.8) is 0 Å². The van der Waals surface area contributed by atoms with Gasteiger partial charge in [-0.05, 0) is 62.2 Å². The molecular formula is C23H22N4O2. The lowest BCUT2D eigenvalue weighted by Gasteiger charge is -2.08. The summed E-state index contributed by atoms with van der Waals surface area (Å²) in [7, 11) is 0. The van der Waals surface area contributed by atoms with Crippen LogP contribution >= 0.6 is 0 Å². The molecule has 0 aliphatic carbocycles. The van der Waals surface area contributed by atoms with Gasteiger partial charge in [-0.1, -0.05) is 19.1 Å². The van der Waals surface area contributed by atoms with Crippen LogP contribution in [0.2, 0.25) is 0 Å². The van der Waals surface area contributed by atoms with Crippen molar-refractivity contribution in [3.8, 4) is 5.69 Å². The molecule has 0 aliphatic rings. The van der Waals surface area contributed by atoms with E-state index in [4.69, 9.17) is 0 Å². The van der Waals surface area contributed by atoms with Gasteiger partial charge in [0.25, 0.3) is 5.91 Å². The van der Waals surface area contributed by atoms with Crippen LogP contribution < -0.4 is 5.32 Å². The van der Waals surface area contributed by atoms with Gasteiger partial charge in [0.15, 0.2) is 5.78 Å². The molecular weight excluding hydrogens is 364 g/mol. The number of nitrogens with one attached hydrogen (secondary N) is 2. The van der Waals surface area contributed by atoms with E-state index >= 15 is 0 Å². The molecule has 0 aliphatic heterocycles. The first-order valence-electron chi connectivity index (χ1n) is 9.55. The summed E-state index contributed by atoms with van der Waals surface area (Å²) in [6, 6.07) is 15.5. The van der Waals surface area contributed by atoms with E-state index in [1.165, 1.54) is 6.92 Å². The first kappa shape index (κ1) is 18.7. The van der Waals surface area contributed by atoms with Gasteiger partial charge in [-0.3, -0.25) is 14.2 Å². The number of hydrogen-bond donors (Lipinski definition) is 2. The Labute approximate surface area is 168 Å². The second kappa shape index (κ2) is 7.39. The quantitative estimate of drug-likeness (QED) is 0.489. The lowest BCUT2D eigenvalue weighted by atomic mass is 10.0. The number of Topliss-reactive ketones (excluding diaryl/α,β-unsaturated/α-hetero) is 1. The molecule has 2 heterocycles. The maximum absolute atomic E-state index is 12.8. The van der Waals surface area contributed by atoms with Gasteiger partial charge in [0.05, 0.1) is 11.0 Å². The van der Waals surface area contributed by atoms with Crippen molar-refractivity contribution < 1.29 is 9.59 Å². The Bertz CT molecular complexity index is 1220. The Morgan fingerprint density at radius 2 is 1.83 bits per heavy atom. The number of fused-ring (bicyclic) bond motifs is 1. The van der Waals surface area contributed by atoms with Crippen LogP contribution in [0.25, 0.3) is 16.7 Å². The van der Waals surface area contributed by atoms with Crippen molar-refractivity contribution in [3.05, 3.63) is 77.4 Å². The molecule has 0 fully saturated rings. The zero-order valence-electron chi connectivity index (χ0n) is 16.6. The summed E-state index contributed by atoms with van der Waals surface area (Å²) in [5.74, 6) is -0.287. The summed E-state index contributed by atoms with van der Waals surface area (Å²) in [6.45, 7) is 5.28. The van der Waals surface area contributed by atoms with Crippen LogP contribution in [-0.4, -0.2) is 26.2 Å². The third-order valence-corrected chi connectivity index (χ3v) is 5.08. The number of benzene rings is 2. The maximum Gasteiger partial charge on any atom is 0.272 e. The van der Waals surface area contributed by atoms with Gasteiger partial charge in [-0.2, -0.15) is 0 Å². The predicted molar refractivity (Wildman–Crippen MR) is 114 cm³/mol. The third kappa shape index (κ3) is 3.33. The van der Waals surface area contributed by atoms with Gasteiger partial charge in [0.2, 0.25) is 0 Å². The fourth-order valence-electron chi connectivity index (χ4n) is 3.76. The Morgan fingerprint density at radius 3 is 2.52 bits per heavy atom. The van der Waals surface area contributed by atoms with Gasteiger partial charge in [0.1, 0.15) is 12.0 Å². The van der Waals surface area contributed by atoms with E-state index in [9.17, 15) is 9.59 Å². The number of aromatic nitrogens is 3.